The molecule has 138 valence electrons. The summed E-state index contributed by atoms with van der Waals surface area (Å²) in [5.41, 5.74) is 2.39. The quantitative estimate of drug-likeness (QED) is 0.716. The van der Waals surface area contributed by atoms with E-state index in [1.54, 1.807) is 17.0 Å². The van der Waals surface area contributed by atoms with E-state index in [2.05, 4.69) is 4.72 Å². The zero-order valence-corrected chi connectivity index (χ0v) is 16.1. The van der Waals surface area contributed by atoms with Gasteiger partial charge in [-0.2, -0.15) is 0 Å². The lowest BCUT2D eigenvalue weighted by molar-refractivity contribution is 0.0989. The summed E-state index contributed by atoms with van der Waals surface area (Å²) in [7, 11) is -3.69. The lowest BCUT2D eigenvalue weighted by Gasteiger charge is -2.17. The SMILES string of the molecule is O=C(c1cccc(S(=O)(=O)NCc2cccs2)c1)N1CCc2ccccc21. The molecule has 7 heteroatoms. The van der Waals surface area contributed by atoms with E-state index in [-0.39, 0.29) is 17.3 Å². The van der Waals surface area contributed by atoms with Crippen LogP contribution < -0.4 is 9.62 Å². The number of sulfonamides is 1. The molecule has 1 N–H and O–H groups in total. The molecule has 0 spiro atoms. The van der Waals surface area contributed by atoms with Gasteiger partial charge in [-0.25, -0.2) is 13.1 Å². The molecule has 0 fully saturated rings. The van der Waals surface area contributed by atoms with Crippen LogP contribution in [0.25, 0.3) is 0 Å². The number of thiophene rings is 1. The fourth-order valence-electron chi connectivity index (χ4n) is 3.16. The van der Waals surface area contributed by atoms with Crippen molar-refractivity contribution in [3.8, 4) is 0 Å². The molecule has 1 aliphatic heterocycles. The molecular formula is C20H18N2O3S2. The number of nitrogens with zero attached hydrogens (tertiary/aromatic N) is 1. The van der Waals surface area contributed by atoms with Gasteiger partial charge < -0.3 is 4.90 Å². The van der Waals surface area contributed by atoms with E-state index in [9.17, 15) is 13.2 Å². The fraction of sp³-hybridized carbons (Fsp3) is 0.150. The number of anilines is 1. The van der Waals surface area contributed by atoms with Gasteiger partial charge in [-0.3, -0.25) is 4.79 Å². The molecular weight excluding hydrogens is 380 g/mol. The van der Waals surface area contributed by atoms with Crippen LogP contribution in [0.3, 0.4) is 0 Å². The summed E-state index contributed by atoms with van der Waals surface area (Å²) >= 11 is 1.49. The number of hydrogen-bond acceptors (Lipinski definition) is 4. The third-order valence-electron chi connectivity index (χ3n) is 4.54. The first-order valence-corrected chi connectivity index (χ1v) is 10.9. The Hall–Kier alpha value is -2.48. The van der Waals surface area contributed by atoms with Crippen LogP contribution in [0.2, 0.25) is 0 Å². The van der Waals surface area contributed by atoms with Crippen LogP contribution in [-0.2, 0) is 23.0 Å². The second-order valence-corrected chi connectivity index (χ2v) is 9.07. The van der Waals surface area contributed by atoms with Gasteiger partial charge in [0.05, 0.1) is 4.90 Å². The molecule has 27 heavy (non-hydrogen) atoms. The minimum Gasteiger partial charge on any atom is -0.308 e. The summed E-state index contributed by atoms with van der Waals surface area (Å²) in [4.78, 5) is 15.7. The maximum Gasteiger partial charge on any atom is 0.258 e. The Labute approximate surface area is 162 Å². The second-order valence-electron chi connectivity index (χ2n) is 6.27. The maximum atomic E-state index is 12.9. The monoisotopic (exact) mass is 398 g/mol. The first-order valence-electron chi connectivity index (χ1n) is 8.56. The standard InChI is InChI=1S/C20H18N2O3S2/c23-20(22-11-10-15-5-1-2-9-19(15)22)16-6-3-8-18(13-16)27(24,25)21-14-17-7-4-12-26-17/h1-9,12-13,21H,10-11,14H2. The average Bonchev–Trinajstić information content (AvgIpc) is 3.36. The predicted octanol–water partition coefficient (Wildman–Crippen LogP) is 3.43. The van der Waals surface area contributed by atoms with E-state index >= 15 is 0 Å². The van der Waals surface area contributed by atoms with Crippen LogP contribution in [0.15, 0.2) is 70.9 Å². The highest BCUT2D eigenvalue weighted by molar-refractivity contribution is 7.89. The van der Waals surface area contributed by atoms with Crippen molar-refractivity contribution in [2.24, 2.45) is 0 Å². The van der Waals surface area contributed by atoms with Crippen LogP contribution in [0.5, 0.6) is 0 Å². The van der Waals surface area contributed by atoms with Crippen LogP contribution in [-0.4, -0.2) is 20.9 Å². The Morgan fingerprint density at radius 3 is 2.74 bits per heavy atom. The molecule has 2 heterocycles. The topological polar surface area (TPSA) is 66.5 Å². The lowest BCUT2D eigenvalue weighted by atomic mass is 10.1. The van der Waals surface area contributed by atoms with Crippen molar-refractivity contribution < 1.29 is 13.2 Å². The summed E-state index contributed by atoms with van der Waals surface area (Å²) in [6.45, 7) is 0.837. The number of amides is 1. The maximum absolute atomic E-state index is 12.9. The van der Waals surface area contributed by atoms with Crippen molar-refractivity contribution in [1.29, 1.82) is 0 Å². The molecule has 1 amide bonds. The van der Waals surface area contributed by atoms with E-state index in [1.165, 1.54) is 23.5 Å². The summed E-state index contributed by atoms with van der Waals surface area (Å²) in [6, 6.07) is 17.8. The van der Waals surface area contributed by atoms with Gasteiger partial charge in [0.1, 0.15) is 0 Å². The molecule has 4 rings (SSSR count). The van der Waals surface area contributed by atoms with E-state index < -0.39 is 10.0 Å². The number of rotatable bonds is 5. The summed E-state index contributed by atoms with van der Waals surface area (Å²) in [5, 5.41) is 1.90. The number of carbonyl (C=O) groups is 1. The van der Waals surface area contributed by atoms with Crippen LogP contribution in [0, 0.1) is 0 Å². The summed E-state index contributed by atoms with van der Waals surface area (Å²) < 4.78 is 27.8. The molecule has 1 aromatic heterocycles. The van der Waals surface area contributed by atoms with Crippen LogP contribution in [0.1, 0.15) is 20.8 Å². The Bertz CT molecular complexity index is 1080. The normalized spacial score (nSPS) is 13.6. The van der Waals surface area contributed by atoms with Gasteiger partial charge in [-0.15, -0.1) is 11.3 Å². The first-order chi connectivity index (χ1) is 13.0. The first kappa shape index (κ1) is 17.9. The lowest BCUT2D eigenvalue weighted by Crippen LogP contribution is -2.29. The minimum absolute atomic E-state index is 0.0948. The third kappa shape index (κ3) is 3.66. The Morgan fingerprint density at radius 1 is 1.07 bits per heavy atom. The molecule has 0 unspecified atom stereocenters. The van der Waals surface area contributed by atoms with Crippen molar-refractivity contribution >= 4 is 33.0 Å². The third-order valence-corrected chi connectivity index (χ3v) is 6.82. The molecule has 0 radical (unpaired) electrons. The number of benzene rings is 2. The molecule has 2 aromatic carbocycles. The average molecular weight is 399 g/mol. The number of fused-ring (bicyclic) bond motifs is 1. The van der Waals surface area contributed by atoms with E-state index in [1.807, 2.05) is 41.8 Å². The van der Waals surface area contributed by atoms with Gasteiger partial charge in [0.25, 0.3) is 5.91 Å². The Balaban J connectivity index is 1.56. The highest BCUT2D eigenvalue weighted by atomic mass is 32.2. The molecule has 5 nitrogen and oxygen atoms in total. The number of hydrogen-bond donors (Lipinski definition) is 1. The zero-order valence-electron chi connectivity index (χ0n) is 14.5. The van der Waals surface area contributed by atoms with Crippen molar-refractivity contribution in [2.75, 3.05) is 11.4 Å². The van der Waals surface area contributed by atoms with Gasteiger partial charge in [-0.1, -0.05) is 30.3 Å². The van der Waals surface area contributed by atoms with E-state index in [0.29, 0.717) is 12.1 Å². The van der Waals surface area contributed by atoms with Crippen molar-refractivity contribution in [1.82, 2.24) is 4.72 Å². The second kappa shape index (κ2) is 7.26. The van der Waals surface area contributed by atoms with E-state index in [0.717, 1.165) is 22.5 Å². The summed E-state index contributed by atoms with van der Waals surface area (Å²) in [6.07, 6.45) is 0.808. The van der Waals surface area contributed by atoms with Crippen LogP contribution in [0.4, 0.5) is 5.69 Å². The molecule has 1 aliphatic rings. The molecule has 0 atom stereocenters. The molecule has 0 aliphatic carbocycles. The number of para-hydroxylation sites is 1. The van der Waals surface area contributed by atoms with E-state index in [4.69, 9.17) is 0 Å². The smallest absolute Gasteiger partial charge is 0.258 e. The van der Waals surface area contributed by atoms with Gasteiger partial charge >= 0.3 is 0 Å². The van der Waals surface area contributed by atoms with Crippen LogP contribution >= 0.6 is 11.3 Å². The fourth-order valence-corrected chi connectivity index (χ4v) is 4.95. The highest BCUT2D eigenvalue weighted by Gasteiger charge is 2.26. The Morgan fingerprint density at radius 2 is 1.93 bits per heavy atom. The molecule has 0 saturated heterocycles. The molecule has 0 saturated carbocycles. The largest absolute Gasteiger partial charge is 0.308 e. The zero-order chi connectivity index (χ0) is 18.9. The molecule has 3 aromatic rings. The van der Waals surface area contributed by atoms with Crippen molar-refractivity contribution in [3.63, 3.8) is 0 Å². The van der Waals surface area contributed by atoms with Crippen molar-refractivity contribution in [3.05, 3.63) is 82.0 Å². The minimum atomic E-state index is -3.69. The number of nitrogens with one attached hydrogen (secondary N) is 1. The molecule has 0 bridgehead atoms. The van der Waals surface area contributed by atoms with Gasteiger partial charge in [0.2, 0.25) is 10.0 Å². The van der Waals surface area contributed by atoms with Gasteiger partial charge in [-0.05, 0) is 47.7 Å². The number of carbonyl (C=O) groups excluding carboxylic acids is 1. The predicted molar refractivity (Wildman–Crippen MR) is 107 cm³/mol. The Kier molecular flexibility index (Phi) is 4.82. The van der Waals surface area contributed by atoms with Gasteiger partial charge in [0, 0.05) is 29.2 Å². The highest BCUT2D eigenvalue weighted by Crippen LogP contribution is 2.29. The summed E-state index contributed by atoms with van der Waals surface area (Å²) in [5.74, 6) is -0.185. The van der Waals surface area contributed by atoms with Crippen molar-refractivity contribution in [2.45, 2.75) is 17.9 Å². The van der Waals surface area contributed by atoms with Gasteiger partial charge in [0.15, 0.2) is 0 Å².